The van der Waals surface area contributed by atoms with Crippen molar-refractivity contribution in [2.45, 2.75) is 101 Å². The van der Waals surface area contributed by atoms with Crippen molar-refractivity contribution in [3.63, 3.8) is 0 Å². The van der Waals surface area contributed by atoms with Crippen molar-refractivity contribution in [1.82, 2.24) is 15.5 Å². The maximum absolute atomic E-state index is 12.9. The Balaban J connectivity index is 1.66. The number of hydrogen-bond acceptors (Lipinski definition) is 3. The largest absolute Gasteiger partial charge is 0.323 e. The molecule has 0 aromatic rings. The first-order chi connectivity index (χ1) is 11.7. The van der Waals surface area contributed by atoms with Gasteiger partial charge in [0.15, 0.2) is 0 Å². The van der Waals surface area contributed by atoms with Gasteiger partial charge in [-0.05, 0) is 52.0 Å². The Morgan fingerprint density at radius 2 is 1.79 bits per heavy atom. The molecule has 2 saturated carbocycles. The smallest absolute Gasteiger partial charge is 0.314 e. The summed E-state index contributed by atoms with van der Waals surface area (Å²) in [6, 6.07) is 1.38. The summed E-state index contributed by atoms with van der Waals surface area (Å²) < 4.78 is 0. The summed E-state index contributed by atoms with van der Waals surface area (Å²) in [5.41, 5.74) is -0.172. The second-order valence-electron chi connectivity index (χ2n) is 8.35. The molecule has 0 aromatic heterocycles. The average Bonchev–Trinajstić information content (AvgIpc) is 3.16. The molecular weight excluding hydrogens is 300 g/mol. The lowest BCUT2D eigenvalue weighted by atomic mass is 9.81. The number of carbonyl (C=O) groups is 1. The highest BCUT2D eigenvalue weighted by Gasteiger charge is 2.55. The summed E-state index contributed by atoms with van der Waals surface area (Å²) >= 11 is 0. The van der Waals surface area contributed by atoms with E-state index in [9.17, 15) is 4.79 Å². The lowest BCUT2D eigenvalue weighted by Gasteiger charge is -2.45. The van der Waals surface area contributed by atoms with E-state index in [2.05, 4.69) is 22.5 Å². The molecule has 2 unspecified atom stereocenters. The van der Waals surface area contributed by atoms with Crippen LogP contribution in [0.25, 0.3) is 0 Å². The van der Waals surface area contributed by atoms with Gasteiger partial charge in [-0.15, -0.1) is 0 Å². The molecule has 2 heterocycles. The fraction of sp³-hybridized carbons (Fsp3) is 0.895. The molecular formula is C19H32N4O. The highest BCUT2D eigenvalue weighted by atomic mass is 16.2. The van der Waals surface area contributed by atoms with Crippen LogP contribution in [0.4, 0.5) is 4.79 Å². The minimum absolute atomic E-state index is 0.116. The van der Waals surface area contributed by atoms with Crippen LogP contribution in [-0.2, 0) is 0 Å². The third-order valence-corrected chi connectivity index (χ3v) is 6.60. The summed E-state index contributed by atoms with van der Waals surface area (Å²) in [6.45, 7) is 3.22. The summed E-state index contributed by atoms with van der Waals surface area (Å²) in [5.74, 6) is 1.000. The molecule has 0 bridgehead atoms. The van der Waals surface area contributed by atoms with Crippen LogP contribution < -0.4 is 10.6 Å². The van der Waals surface area contributed by atoms with Crippen LogP contribution in [0.2, 0.25) is 0 Å². The molecule has 2 N–H and O–H groups in total. The number of rotatable bonds is 2. The number of piperidine rings is 1. The molecule has 4 rings (SSSR count). The Hall–Kier alpha value is -1.10. The summed E-state index contributed by atoms with van der Waals surface area (Å²) in [6.07, 6.45) is 13.1. The molecule has 4 fully saturated rings. The van der Waals surface area contributed by atoms with Crippen molar-refractivity contribution in [2.24, 2.45) is 4.99 Å². The molecule has 0 radical (unpaired) electrons. The van der Waals surface area contributed by atoms with E-state index in [1.54, 1.807) is 0 Å². The van der Waals surface area contributed by atoms with Gasteiger partial charge < -0.3 is 10.2 Å². The Labute approximate surface area is 145 Å². The number of hydrogen-bond donors (Lipinski definition) is 2. The average molecular weight is 332 g/mol. The van der Waals surface area contributed by atoms with E-state index in [0.717, 1.165) is 38.1 Å². The Bertz CT molecular complexity index is 507. The van der Waals surface area contributed by atoms with E-state index in [-0.39, 0.29) is 11.6 Å². The highest BCUT2D eigenvalue weighted by molar-refractivity contribution is 6.10. The zero-order valence-corrected chi connectivity index (χ0v) is 15.0. The van der Waals surface area contributed by atoms with Gasteiger partial charge in [0.25, 0.3) is 0 Å². The van der Waals surface area contributed by atoms with E-state index in [4.69, 9.17) is 4.99 Å². The lowest BCUT2D eigenvalue weighted by molar-refractivity contribution is 0.105. The normalized spacial score (nSPS) is 37.5. The Kier molecular flexibility index (Phi) is 4.54. The van der Waals surface area contributed by atoms with Crippen LogP contribution in [0.5, 0.6) is 0 Å². The van der Waals surface area contributed by atoms with Crippen molar-refractivity contribution < 1.29 is 4.79 Å². The standard InChI is InChI=1S/C19H32N4O/c1-14-13-19(11-12-20-14)17(21-15-7-3-2-4-8-15)22-18(24)23(19)16-9-5-6-10-16/h14-16,20H,2-13H2,1H3,(H,21,22,24). The second kappa shape index (κ2) is 6.66. The predicted molar refractivity (Wildman–Crippen MR) is 96.4 cm³/mol. The van der Waals surface area contributed by atoms with Crippen molar-refractivity contribution in [3.8, 4) is 0 Å². The molecule has 24 heavy (non-hydrogen) atoms. The highest BCUT2D eigenvalue weighted by Crippen LogP contribution is 2.40. The maximum atomic E-state index is 12.9. The quantitative estimate of drug-likeness (QED) is 0.816. The van der Waals surface area contributed by atoms with Crippen LogP contribution in [0.3, 0.4) is 0 Å². The van der Waals surface area contributed by atoms with Gasteiger partial charge in [-0.1, -0.05) is 32.1 Å². The van der Waals surface area contributed by atoms with Gasteiger partial charge in [0, 0.05) is 12.1 Å². The fourth-order valence-corrected chi connectivity index (χ4v) is 5.45. The number of nitrogens with zero attached hydrogens (tertiary/aromatic N) is 2. The zero-order chi connectivity index (χ0) is 16.6. The zero-order valence-electron chi connectivity index (χ0n) is 15.0. The number of urea groups is 1. The molecule has 5 heteroatoms. The number of amidine groups is 1. The molecule has 0 aromatic carbocycles. The van der Waals surface area contributed by atoms with Gasteiger partial charge in [-0.25, -0.2) is 4.79 Å². The first-order valence-electron chi connectivity index (χ1n) is 10.1. The first kappa shape index (κ1) is 16.4. The third-order valence-electron chi connectivity index (χ3n) is 6.60. The van der Waals surface area contributed by atoms with Crippen LogP contribution >= 0.6 is 0 Å². The van der Waals surface area contributed by atoms with Gasteiger partial charge in [0.1, 0.15) is 11.4 Å². The molecule has 2 amide bonds. The summed E-state index contributed by atoms with van der Waals surface area (Å²) in [4.78, 5) is 20.3. The van der Waals surface area contributed by atoms with Gasteiger partial charge in [-0.3, -0.25) is 10.3 Å². The Morgan fingerprint density at radius 1 is 1.08 bits per heavy atom. The van der Waals surface area contributed by atoms with Crippen LogP contribution in [0.15, 0.2) is 4.99 Å². The van der Waals surface area contributed by atoms with Crippen molar-refractivity contribution in [2.75, 3.05) is 6.54 Å². The van der Waals surface area contributed by atoms with Crippen molar-refractivity contribution in [3.05, 3.63) is 0 Å². The van der Waals surface area contributed by atoms with Crippen LogP contribution in [0.1, 0.15) is 77.6 Å². The summed E-state index contributed by atoms with van der Waals surface area (Å²) in [7, 11) is 0. The SMILES string of the molecule is CC1CC2(CCN1)C(=NC1CCCCC1)NC(=O)N2C1CCCC1. The van der Waals surface area contributed by atoms with E-state index >= 15 is 0 Å². The van der Waals surface area contributed by atoms with E-state index in [0.29, 0.717) is 18.1 Å². The molecule has 4 aliphatic rings. The molecule has 2 aliphatic carbocycles. The molecule has 2 aliphatic heterocycles. The van der Waals surface area contributed by atoms with E-state index in [1.165, 1.54) is 44.9 Å². The lowest BCUT2D eigenvalue weighted by Crippen LogP contribution is -2.60. The number of aliphatic imine (C=N–C) groups is 1. The monoisotopic (exact) mass is 332 g/mol. The number of nitrogens with one attached hydrogen (secondary N) is 2. The minimum Gasteiger partial charge on any atom is -0.314 e. The molecule has 5 nitrogen and oxygen atoms in total. The van der Waals surface area contributed by atoms with Crippen LogP contribution in [-0.4, -0.2) is 47.0 Å². The first-order valence-corrected chi connectivity index (χ1v) is 10.1. The third kappa shape index (κ3) is 2.85. The number of carbonyl (C=O) groups excluding carboxylic acids is 1. The Morgan fingerprint density at radius 3 is 2.50 bits per heavy atom. The second-order valence-corrected chi connectivity index (χ2v) is 8.35. The van der Waals surface area contributed by atoms with E-state index < -0.39 is 0 Å². The maximum Gasteiger partial charge on any atom is 0.323 e. The predicted octanol–water partition coefficient (Wildman–Crippen LogP) is 3.20. The van der Waals surface area contributed by atoms with Crippen molar-refractivity contribution in [1.29, 1.82) is 0 Å². The minimum atomic E-state index is -0.172. The molecule has 2 saturated heterocycles. The van der Waals surface area contributed by atoms with Gasteiger partial charge in [-0.2, -0.15) is 0 Å². The number of amides is 2. The molecule has 1 spiro atoms. The summed E-state index contributed by atoms with van der Waals surface area (Å²) in [5, 5.41) is 6.78. The van der Waals surface area contributed by atoms with Gasteiger partial charge >= 0.3 is 6.03 Å². The van der Waals surface area contributed by atoms with Crippen LogP contribution in [0, 0.1) is 0 Å². The topological polar surface area (TPSA) is 56.7 Å². The van der Waals surface area contributed by atoms with E-state index in [1.807, 2.05) is 0 Å². The molecule has 2 atom stereocenters. The van der Waals surface area contributed by atoms with Gasteiger partial charge in [0.05, 0.1) is 6.04 Å². The van der Waals surface area contributed by atoms with Gasteiger partial charge in [0.2, 0.25) is 0 Å². The molecule has 134 valence electrons. The fourth-order valence-electron chi connectivity index (χ4n) is 5.45. The van der Waals surface area contributed by atoms with Crippen molar-refractivity contribution >= 4 is 11.9 Å².